The van der Waals surface area contributed by atoms with E-state index in [4.69, 9.17) is 16.3 Å². The van der Waals surface area contributed by atoms with Crippen molar-refractivity contribution in [3.63, 3.8) is 0 Å². The molecule has 106 valence electrons. The van der Waals surface area contributed by atoms with Crippen LogP contribution in [0.3, 0.4) is 0 Å². The first-order valence-electron chi connectivity index (χ1n) is 5.81. The Balaban J connectivity index is 2.94. The van der Waals surface area contributed by atoms with Gasteiger partial charge in [-0.2, -0.15) is 0 Å². The predicted molar refractivity (Wildman–Crippen MR) is 84.8 cm³/mol. The second kappa shape index (κ2) is 8.84. The number of methoxy groups -OCH3 is 1. The minimum absolute atomic E-state index is 0.0580. The average molecular weight is 367 g/mol. The molecule has 0 aliphatic heterocycles. The highest BCUT2D eigenvalue weighted by atomic mass is 79.9. The predicted octanol–water partition coefficient (Wildman–Crippen LogP) is 3.55. The van der Waals surface area contributed by atoms with Crippen LogP contribution in [-0.2, 0) is 4.74 Å². The van der Waals surface area contributed by atoms with Crippen molar-refractivity contribution in [3.05, 3.63) is 28.8 Å². The first-order valence-corrected chi connectivity index (χ1v) is 8.54. The topological polar surface area (TPSA) is 29.5 Å². The molecule has 0 N–H and O–H groups in total. The van der Waals surface area contributed by atoms with Crippen LogP contribution >= 0.6 is 39.3 Å². The highest BCUT2D eigenvalue weighted by Gasteiger charge is 2.18. The van der Waals surface area contributed by atoms with E-state index in [0.29, 0.717) is 30.3 Å². The lowest BCUT2D eigenvalue weighted by molar-refractivity contribution is 0.0709. The monoisotopic (exact) mass is 365 g/mol. The van der Waals surface area contributed by atoms with Crippen molar-refractivity contribution in [2.75, 3.05) is 38.4 Å². The van der Waals surface area contributed by atoms with E-state index in [0.717, 1.165) is 10.2 Å². The smallest absolute Gasteiger partial charge is 0.255 e. The summed E-state index contributed by atoms with van der Waals surface area (Å²) in [7, 11) is 1.62. The molecule has 1 rings (SSSR count). The number of benzene rings is 1. The van der Waals surface area contributed by atoms with E-state index in [2.05, 4.69) is 15.9 Å². The van der Waals surface area contributed by atoms with Gasteiger partial charge >= 0.3 is 0 Å². The van der Waals surface area contributed by atoms with Gasteiger partial charge in [0.1, 0.15) is 0 Å². The summed E-state index contributed by atoms with van der Waals surface area (Å²) in [4.78, 5) is 15.3. The molecule has 1 aromatic rings. The van der Waals surface area contributed by atoms with Crippen molar-refractivity contribution >= 4 is 45.2 Å². The third kappa shape index (κ3) is 4.99. The molecule has 6 heteroatoms. The lowest BCUT2D eigenvalue weighted by Gasteiger charge is -2.22. The summed E-state index contributed by atoms with van der Waals surface area (Å²) >= 11 is 11.1. The maximum Gasteiger partial charge on any atom is 0.255 e. The quantitative estimate of drug-likeness (QED) is 0.546. The van der Waals surface area contributed by atoms with Gasteiger partial charge in [-0.3, -0.25) is 4.79 Å². The maximum atomic E-state index is 12.5. The van der Waals surface area contributed by atoms with Crippen LogP contribution in [0.25, 0.3) is 0 Å². The molecule has 19 heavy (non-hydrogen) atoms. The molecule has 0 heterocycles. The fraction of sp³-hybridized carbons (Fsp3) is 0.462. The number of thioether (sulfide) groups is 1. The van der Waals surface area contributed by atoms with E-state index in [1.165, 1.54) is 0 Å². The molecule has 0 aliphatic rings. The van der Waals surface area contributed by atoms with Crippen LogP contribution in [0.1, 0.15) is 10.4 Å². The zero-order valence-electron chi connectivity index (χ0n) is 11.0. The lowest BCUT2D eigenvalue weighted by Crippen LogP contribution is -2.35. The summed E-state index contributed by atoms with van der Waals surface area (Å²) in [6.45, 7) is 1.70. The van der Waals surface area contributed by atoms with Crippen LogP contribution < -0.4 is 0 Å². The summed E-state index contributed by atoms with van der Waals surface area (Å²) in [5.74, 6) is -0.0580. The molecule has 0 unspecified atom stereocenters. The number of ether oxygens (including phenoxy) is 1. The molecule has 1 aromatic carbocycles. The highest BCUT2D eigenvalue weighted by Crippen LogP contribution is 2.24. The van der Waals surface area contributed by atoms with Gasteiger partial charge in [-0.15, -0.1) is 11.8 Å². The van der Waals surface area contributed by atoms with Crippen molar-refractivity contribution in [2.45, 2.75) is 4.90 Å². The largest absolute Gasteiger partial charge is 0.383 e. The first-order chi connectivity index (χ1) is 9.13. The zero-order chi connectivity index (χ0) is 14.3. The second-order valence-electron chi connectivity index (χ2n) is 3.82. The van der Waals surface area contributed by atoms with Crippen LogP contribution in [0.15, 0.2) is 23.1 Å². The Hall–Kier alpha value is -0.230. The standard InChI is InChI=1S/C13H17BrClNO2S/c1-18-8-7-16(6-5-14)13(17)11-9-10(19-2)3-4-12(11)15/h3-4,9H,5-8H2,1-2H3. The molecule has 0 aromatic heterocycles. The van der Waals surface area contributed by atoms with Gasteiger partial charge in [0.15, 0.2) is 0 Å². The maximum absolute atomic E-state index is 12.5. The molecule has 0 aliphatic carbocycles. The number of hydrogen-bond acceptors (Lipinski definition) is 3. The number of nitrogens with zero attached hydrogens (tertiary/aromatic N) is 1. The zero-order valence-corrected chi connectivity index (χ0v) is 14.1. The van der Waals surface area contributed by atoms with Gasteiger partial charge in [0.2, 0.25) is 0 Å². The number of halogens is 2. The molecular formula is C13H17BrClNO2S. The molecule has 0 spiro atoms. The first kappa shape index (κ1) is 16.8. The van der Waals surface area contributed by atoms with Crippen molar-refractivity contribution in [2.24, 2.45) is 0 Å². The third-order valence-corrected chi connectivity index (χ3v) is 4.02. The molecule has 0 radical (unpaired) electrons. The number of carbonyl (C=O) groups excluding carboxylic acids is 1. The van der Waals surface area contributed by atoms with Crippen molar-refractivity contribution < 1.29 is 9.53 Å². The van der Waals surface area contributed by atoms with Gasteiger partial charge in [-0.1, -0.05) is 27.5 Å². The minimum atomic E-state index is -0.0580. The molecular weight excluding hydrogens is 350 g/mol. The Kier molecular flexibility index (Phi) is 7.83. The Bertz CT molecular complexity index is 431. The summed E-state index contributed by atoms with van der Waals surface area (Å²) in [5, 5.41) is 1.21. The summed E-state index contributed by atoms with van der Waals surface area (Å²) < 4.78 is 5.03. The van der Waals surface area contributed by atoms with Crippen LogP contribution in [0.2, 0.25) is 5.02 Å². The number of amides is 1. The van der Waals surface area contributed by atoms with Gasteiger partial charge in [-0.25, -0.2) is 0 Å². The van der Waals surface area contributed by atoms with Crippen molar-refractivity contribution in [3.8, 4) is 0 Å². The Morgan fingerprint density at radius 3 is 2.79 bits per heavy atom. The van der Waals surface area contributed by atoms with E-state index in [-0.39, 0.29) is 5.91 Å². The highest BCUT2D eigenvalue weighted by molar-refractivity contribution is 9.09. The number of carbonyl (C=O) groups is 1. The van der Waals surface area contributed by atoms with E-state index in [1.54, 1.807) is 29.8 Å². The van der Waals surface area contributed by atoms with Crippen molar-refractivity contribution in [1.29, 1.82) is 0 Å². The molecule has 0 saturated heterocycles. The third-order valence-electron chi connectivity index (χ3n) is 2.61. The average Bonchev–Trinajstić information content (AvgIpc) is 2.43. The molecule has 0 saturated carbocycles. The van der Waals surface area contributed by atoms with Crippen LogP contribution in [0, 0.1) is 0 Å². The van der Waals surface area contributed by atoms with E-state index in [9.17, 15) is 4.79 Å². The number of alkyl halides is 1. The second-order valence-corrected chi connectivity index (χ2v) is 5.90. The molecule has 0 fully saturated rings. The molecule has 0 atom stereocenters. The van der Waals surface area contributed by atoms with Gasteiger partial charge in [0.25, 0.3) is 5.91 Å². The number of hydrogen-bond donors (Lipinski definition) is 0. The molecule has 1 amide bonds. The normalized spacial score (nSPS) is 10.5. The van der Waals surface area contributed by atoms with Crippen LogP contribution in [0.5, 0.6) is 0 Å². The van der Waals surface area contributed by atoms with Gasteiger partial charge in [0, 0.05) is 30.4 Å². The Morgan fingerprint density at radius 2 is 2.21 bits per heavy atom. The van der Waals surface area contributed by atoms with E-state index < -0.39 is 0 Å². The van der Waals surface area contributed by atoms with Crippen molar-refractivity contribution in [1.82, 2.24) is 4.90 Å². The SMILES string of the molecule is COCCN(CCBr)C(=O)c1cc(SC)ccc1Cl. The number of rotatable bonds is 7. The van der Waals surface area contributed by atoms with E-state index in [1.807, 2.05) is 18.4 Å². The summed E-state index contributed by atoms with van der Waals surface area (Å²) in [6.07, 6.45) is 1.97. The minimum Gasteiger partial charge on any atom is -0.383 e. The molecule has 0 bridgehead atoms. The Labute approximate surface area is 131 Å². The lowest BCUT2D eigenvalue weighted by atomic mass is 10.2. The fourth-order valence-electron chi connectivity index (χ4n) is 1.58. The fourth-order valence-corrected chi connectivity index (χ4v) is 2.65. The van der Waals surface area contributed by atoms with E-state index >= 15 is 0 Å². The van der Waals surface area contributed by atoms with Crippen LogP contribution in [0.4, 0.5) is 0 Å². The Morgan fingerprint density at radius 1 is 1.47 bits per heavy atom. The van der Waals surface area contributed by atoms with Gasteiger partial charge < -0.3 is 9.64 Å². The summed E-state index contributed by atoms with van der Waals surface area (Å²) in [6, 6.07) is 5.51. The molecule has 3 nitrogen and oxygen atoms in total. The van der Waals surface area contributed by atoms with Gasteiger partial charge in [0.05, 0.1) is 17.2 Å². The van der Waals surface area contributed by atoms with Crippen LogP contribution in [-0.4, -0.2) is 49.2 Å². The van der Waals surface area contributed by atoms with Gasteiger partial charge in [-0.05, 0) is 24.5 Å². The summed E-state index contributed by atoms with van der Waals surface area (Å²) in [5.41, 5.74) is 0.547.